The SMILES string of the molecule is CCC1(c2cccc(Cl)c2)C2=C(Cc3[nH]ncc31)CC(C)(C)CC2=O. The van der Waals surface area contributed by atoms with Crippen LogP contribution in [0.2, 0.25) is 5.02 Å². The molecule has 1 N–H and O–H groups in total. The van der Waals surface area contributed by atoms with Gasteiger partial charge in [-0.25, -0.2) is 0 Å². The highest BCUT2D eigenvalue weighted by molar-refractivity contribution is 6.30. The van der Waals surface area contributed by atoms with E-state index in [2.05, 4.69) is 37.0 Å². The van der Waals surface area contributed by atoms with E-state index in [1.165, 1.54) is 5.57 Å². The molecule has 3 nitrogen and oxygen atoms in total. The van der Waals surface area contributed by atoms with Crippen molar-refractivity contribution in [1.82, 2.24) is 10.2 Å². The molecule has 0 saturated heterocycles. The van der Waals surface area contributed by atoms with Crippen molar-refractivity contribution in [2.24, 2.45) is 5.41 Å². The zero-order valence-electron chi connectivity index (χ0n) is 14.9. The van der Waals surface area contributed by atoms with Crippen molar-refractivity contribution in [3.8, 4) is 0 Å². The number of fused-ring (bicyclic) bond motifs is 1. The quantitative estimate of drug-likeness (QED) is 0.824. The Morgan fingerprint density at radius 3 is 2.80 bits per heavy atom. The highest BCUT2D eigenvalue weighted by atomic mass is 35.5. The Morgan fingerprint density at radius 2 is 2.08 bits per heavy atom. The number of nitrogens with zero attached hydrogens (tertiary/aromatic N) is 1. The van der Waals surface area contributed by atoms with Crippen LogP contribution in [0.25, 0.3) is 0 Å². The predicted molar refractivity (Wildman–Crippen MR) is 99.9 cm³/mol. The van der Waals surface area contributed by atoms with Gasteiger partial charge in [-0.3, -0.25) is 9.89 Å². The lowest BCUT2D eigenvalue weighted by Gasteiger charge is -2.45. The minimum Gasteiger partial charge on any atom is -0.294 e. The molecular weight excluding hydrogens is 332 g/mol. The number of Topliss-reactive ketones (excluding diaryl/α,β-unsaturated/α-hetero) is 1. The molecule has 2 aliphatic rings. The number of halogens is 1. The monoisotopic (exact) mass is 354 g/mol. The van der Waals surface area contributed by atoms with Gasteiger partial charge < -0.3 is 0 Å². The first-order valence-electron chi connectivity index (χ1n) is 8.92. The van der Waals surface area contributed by atoms with Crippen LogP contribution < -0.4 is 0 Å². The van der Waals surface area contributed by atoms with Crippen LogP contribution in [-0.2, 0) is 16.6 Å². The summed E-state index contributed by atoms with van der Waals surface area (Å²) in [6.45, 7) is 6.52. The summed E-state index contributed by atoms with van der Waals surface area (Å²) in [5.41, 5.74) is 5.17. The zero-order valence-corrected chi connectivity index (χ0v) is 15.7. The summed E-state index contributed by atoms with van der Waals surface area (Å²) in [6, 6.07) is 7.95. The molecule has 1 atom stereocenters. The van der Waals surface area contributed by atoms with Gasteiger partial charge >= 0.3 is 0 Å². The maximum absolute atomic E-state index is 13.3. The first-order valence-corrected chi connectivity index (χ1v) is 9.29. The van der Waals surface area contributed by atoms with E-state index in [1.54, 1.807) is 0 Å². The summed E-state index contributed by atoms with van der Waals surface area (Å²) in [5.74, 6) is 0.278. The third-order valence-electron chi connectivity index (χ3n) is 5.81. The standard InChI is InChI=1S/C21H23ClN2O/c1-4-21(14-6-5-7-15(22)9-14)16-12-23-24-17(16)8-13-10-20(2,3)11-18(25)19(13)21/h5-7,9,12H,4,8,10-11H2,1-3H3,(H,23,24). The first-order chi connectivity index (χ1) is 11.9. The first kappa shape index (κ1) is 16.6. The smallest absolute Gasteiger partial charge is 0.160 e. The van der Waals surface area contributed by atoms with Crippen molar-refractivity contribution in [2.45, 2.75) is 51.9 Å². The molecule has 0 radical (unpaired) electrons. The fourth-order valence-corrected chi connectivity index (χ4v) is 5.12. The van der Waals surface area contributed by atoms with Crippen molar-refractivity contribution in [2.75, 3.05) is 0 Å². The fourth-order valence-electron chi connectivity index (χ4n) is 4.93. The van der Waals surface area contributed by atoms with E-state index in [1.807, 2.05) is 24.4 Å². The van der Waals surface area contributed by atoms with E-state index in [9.17, 15) is 4.79 Å². The number of aromatic nitrogens is 2. The molecule has 1 aromatic heterocycles. The number of rotatable bonds is 2. The minimum absolute atomic E-state index is 0.0151. The van der Waals surface area contributed by atoms with Gasteiger partial charge in [-0.15, -0.1) is 0 Å². The summed E-state index contributed by atoms with van der Waals surface area (Å²) in [7, 11) is 0. The average Bonchev–Trinajstić information content (AvgIpc) is 3.00. The number of benzene rings is 1. The molecule has 1 unspecified atom stereocenters. The van der Waals surface area contributed by atoms with Gasteiger partial charge in [-0.2, -0.15) is 5.10 Å². The van der Waals surface area contributed by atoms with Crippen LogP contribution in [0.3, 0.4) is 0 Å². The number of aromatic amines is 1. The van der Waals surface area contributed by atoms with E-state index < -0.39 is 5.41 Å². The molecule has 0 fully saturated rings. The number of ketones is 1. The lowest BCUT2D eigenvalue weighted by Crippen LogP contribution is -2.42. The minimum atomic E-state index is -0.450. The van der Waals surface area contributed by atoms with Crippen LogP contribution >= 0.6 is 11.6 Å². The van der Waals surface area contributed by atoms with Crippen molar-refractivity contribution < 1.29 is 4.79 Å². The summed E-state index contributed by atoms with van der Waals surface area (Å²) in [6.07, 6.45) is 5.06. The van der Waals surface area contributed by atoms with Gasteiger partial charge in [0.15, 0.2) is 5.78 Å². The maximum atomic E-state index is 13.3. The summed E-state index contributed by atoms with van der Waals surface area (Å²) < 4.78 is 0. The number of carbonyl (C=O) groups excluding carboxylic acids is 1. The number of H-pyrrole nitrogens is 1. The van der Waals surface area contributed by atoms with Crippen LogP contribution in [0.5, 0.6) is 0 Å². The Bertz CT molecular complexity index is 893. The molecule has 0 bridgehead atoms. The molecule has 4 heteroatoms. The van der Waals surface area contributed by atoms with E-state index in [0.717, 1.165) is 41.7 Å². The molecule has 4 rings (SSSR count). The van der Waals surface area contributed by atoms with Gasteiger partial charge in [-0.05, 0) is 36.0 Å². The Morgan fingerprint density at radius 1 is 1.28 bits per heavy atom. The summed E-state index contributed by atoms with van der Waals surface area (Å²) in [5, 5.41) is 8.20. The number of nitrogens with one attached hydrogen (secondary N) is 1. The maximum Gasteiger partial charge on any atom is 0.160 e. The number of carbonyl (C=O) groups is 1. The second-order valence-electron chi connectivity index (χ2n) is 8.13. The zero-order chi connectivity index (χ0) is 17.8. The largest absolute Gasteiger partial charge is 0.294 e. The van der Waals surface area contributed by atoms with Crippen LogP contribution in [0, 0.1) is 5.41 Å². The normalized spacial score (nSPS) is 24.9. The number of hydrogen-bond donors (Lipinski definition) is 1. The van der Waals surface area contributed by atoms with Crippen LogP contribution in [0.15, 0.2) is 41.6 Å². The van der Waals surface area contributed by atoms with Gasteiger partial charge in [0.25, 0.3) is 0 Å². The highest BCUT2D eigenvalue weighted by Crippen LogP contribution is 2.53. The van der Waals surface area contributed by atoms with Crippen LogP contribution in [-0.4, -0.2) is 16.0 Å². The van der Waals surface area contributed by atoms with Crippen LogP contribution in [0.4, 0.5) is 0 Å². The van der Waals surface area contributed by atoms with E-state index in [-0.39, 0.29) is 11.2 Å². The van der Waals surface area contributed by atoms with Crippen molar-refractivity contribution in [3.63, 3.8) is 0 Å². The third kappa shape index (κ3) is 2.40. The second kappa shape index (κ2) is 5.57. The molecule has 130 valence electrons. The number of allylic oxidation sites excluding steroid dienone is 2. The highest BCUT2D eigenvalue weighted by Gasteiger charge is 2.49. The van der Waals surface area contributed by atoms with Crippen LogP contribution in [0.1, 0.15) is 56.9 Å². The molecule has 0 amide bonds. The molecule has 1 heterocycles. The molecule has 0 saturated carbocycles. The van der Waals surface area contributed by atoms with Crippen molar-refractivity contribution in [3.05, 3.63) is 63.5 Å². The molecule has 2 aliphatic carbocycles. The van der Waals surface area contributed by atoms with Gasteiger partial charge in [-0.1, -0.05) is 50.1 Å². The molecule has 0 aliphatic heterocycles. The fraction of sp³-hybridized carbons (Fsp3) is 0.429. The lowest BCUT2D eigenvalue weighted by molar-refractivity contribution is -0.118. The molecular formula is C21H23ClN2O. The Kier molecular flexibility index (Phi) is 3.69. The number of hydrogen-bond acceptors (Lipinski definition) is 2. The predicted octanol–water partition coefficient (Wildman–Crippen LogP) is 5.00. The second-order valence-corrected chi connectivity index (χ2v) is 8.56. The third-order valence-corrected chi connectivity index (χ3v) is 6.04. The molecule has 0 spiro atoms. The summed E-state index contributed by atoms with van der Waals surface area (Å²) in [4.78, 5) is 13.3. The van der Waals surface area contributed by atoms with Gasteiger partial charge in [0.05, 0.1) is 11.6 Å². The van der Waals surface area contributed by atoms with E-state index in [0.29, 0.717) is 11.4 Å². The summed E-state index contributed by atoms with van der Waals surface area (Å²) >= 11 is 6.32. The van der Waals surface area contributed by atoms with Gasteiger partial charge in [0.2, 0.25) is 0 Å². The Balaban J connectivity index is 2.04. The molecule has 1 aromatic carbocycles. The van der Waals surface area contributed by atoms with E-state index >= 15 is 0 Å². The topological polar surface area (TPSA) is 45.8 Å². The van der Waals surface area contributed by atoms with Gasteiger partial charge in [0.1, 0.15) is 0 Å². The Labute approximate surface area is 153 Å². The molecule has 25 heavy (non-hydrogen) atoms. The Hall–Kier alpha value is -1.87. The molecule has 2 aromatic rings. The lowest BCUT2D eigenvalue weighted by atomic mass is 9.57. The average molecular weight is 355 g/mol. The van der Waals surface area contributed by atoms with E-state index in [4.69, 9.17) is 11.6 Å². The van der Waals surface area contributed by atoms with Crippen molar-refractivity contribution >= 4 is 17.4 Å². The van der Waals surface area contributed by atoms with Gasteiger partial charge in [0, 0.05) is 34.7 Å². The van der Waals surface area contributed by atoms with Crippen molar-refractivity contribution in [1.29, 1.82) is 0 Å².